The Bertz CT molecular complexity index is 1010. The maximum absolute atomic E-state index is 14.3. The number of benzene rings is 1. The Morgan fingerprint density at radius 3 is 2.39 bits per heavy atom. The summed E-state index contributed by atoms with van der Waals surface area (Å²) in [4.78, 5) is 4.28. The van der Waals surface area contributed by atoms with Crippen LogP contribution in [0.2, 0.25) is 5.02 Å². The van der Waals surface area contributed by atoms with Gasteiger partial charge < -0.3 is 9.51 Å². The van der Waals surface area contributed by atoms with Crippen molar-refractivity contribution in [1.82, 2.24) is 9.38 Å². The quantitative estimate of drug-likeness (QED) is 0.584. The van der Waals surface area contributed by atoms with Gasteiger partial charge >= 0.3 is 0 Å². The van der Waals surface area contributed by atoms with Crippen LogP contribution < -0.4 is 0 Å². The summed E-state index contributed by atoms with van der Waals surface area (Å²) in [7, 11) is 0. The fourth-order valence-electron chi connectivity index (χ4n) is 4.88. The number of fused-ring (bicyclic) bond motifs is 1. The minimum atomic E-state index is -0.510. The first-order valence-electron chi connectivity index (χ1n) is 10.2. The van der Waals surface area contributed by atoms with Gasteiger partial charge in [0.25, 0.3) is 0 Å². The van der Waals surface area contributed by atoms with Crippen molar-refractivity contribution in [3.05, 3.63) is 70.5 Å². The fourth-order valence-corrected chi connectivity index (χ4v) is 5.04. The number of nitrogens with zero attached hydrogens (tertiary/aromatic N) is 2. The van der Waals surface area contributed by atoms with E-state index in [1.807, 2.05) is 18.6 Å². The molecule has 146 valence electrons. The summed E-state index contributed by atoms with van der Waals surface area (Å²) in [6.45, 7) is 0. The molecule has 2 aromatic heterocycles. The van der Waals surface area contributed by atoms with Crippen LogP contribution in [0.3, 0.4) is 0 Å². The van der Waals surface area contributed by atoms with Gasteiger partial charge in [-0.2, -0.15) is 0 Å². The molecule has 0 radical (unpaired) electrons. The van der Waals surface area contributed by atoms with Gasteiger partial charge in [0.2, 0.25) is 0 Å². The number of pyridine rings is 1. The third-order valence-electron chi connectivity index (χ3n) is 6.57. The lowest BCUT2D eigenvalue weighted by Gasteiger charge is -2.33. The molecule has 3 nitrogen and oxygen atoms in total. The molecule has 2 heterocycles. The topological polar surface area (TPSA) is 37.5 Å². The molecule has 1 aromatic carbocycles. The molecular formula is C23H24ClFN2O. The minimum absolute atomic E-state index is 0.192. The molecule has 0 bridgehead atoms. The average Bonchev–Trinajstić information content (AvgIpc) is 3.43. The molecule has 0 amide bonds. The van der Waals surface area contributed by atoms with E-state index in [0.717, 1.165) is 42.5 Å². The first kappa shape index (κ1) is 18.1. The van der Waals surface area contributed by atoms with Crippen LogP contribution in [0.25, 0.3) is 5.52 Å². The Kier molecular flexibility index (Phi) is 4.64. The molecule has 0 spiro atoms. The van der Waals surface area contributed by atoms with Gasteiger partial charge in [-0.15, -0.1) is 0 Å². The average molecular weight is 399 g/mol. The van der Waals surface area contributed by atoms with Gasteiger partial charge in [0.1, 0.15) is 5.82 Å². The summed E-state index contributed by atoms with van der Waals surface area (Å²) in [6, 6.07) is 9.25. The standard InChI is InChI=1S/C23H24ClFN2O/c24-17-7-9-19(21(25)11-17)14-3-5-16(6-4-14)23(28)22-20(15-1-2-15)10-8-18-12-26-13-27(18)22/h7-16,23,28H,1-6H2/t14?,16?,23-/m1/s1. The van der Waals surface area contributed by atoms with Crippen LogP contribution in [0.15, 0.2) is 42.9 Å². The first-order valence-corrected chi connectivity index (χ1v) is 10.6. The number of hydrogen-bond donors (Lipinski definition) is 1. The predicted octanol–water partition coefficient (Wildman–Crippen LogP) is 6.01. The van der Waals surface area contributed by atoms with Crippen molar-refractivity contribution in [3.8, 4) is 0 Å². The number of halogens is 2. The van der Waals surface area contributed by atoms with Gasteiger partial charge in [-0.05, 0) is 85.6 Å². The highest BCUT2D eigenvalue weighted by Gasteiger charge is 2.34. The number of hydrogen-bond acceptors (Lipinski definition) is 2. The third kappa shape index (κ3) is 3.23. The van der Waals surface area contributed by atoms with Crippen LogP contribution in [0, 0.1) is 11.7 Å². The normalized spacial score (nSPS) is 23.8. The van der Waals surface area contributed by atoms with E-state index >= 15 is 0 Å². The lowest BCUT2D eigenvalue weighted by atomic mass is 9.75. The maximum Gasteiger partial charge on any atom is 0.128 e. The van der Waals surface area contributed by atoms with Crippen molar-refractivity contribution >= 4 is 17.1 Å². The van der Waals surface area contributed by atoms with E-state index in [9.17, 15) is 9.50 Å². The van der Waals surface area contributed by atoms with E-state index in [-0.39, 0.29) is 17.7 Å². The molecule has 1 N–H and O–H groups in total. The van der Waals surface area contributed by atoms with Crippen molar-refractivity contribution in [2.45, 2.75) is 56.5 Å². The number of aliphatic hydroxyl groups excluding tert-OH is 1. The molecule has 3 aromatic rings. The van der Waals surface area contributed by atoms with E-state index in [0.29, 0.717) is 10.9 Å². The zero-order chi connectivity index (χ0) is 19.3. The van der Waals surface area contributed by atoms with Crippen molar-refractivity contribution in [2.24, 2.45) is 5.92 Å². The third-order valence-corrected chi connectivity index (χ3v) is 6.81. The molecule has 2 saturated carbocycles. The Morgan fingerprint density at radius 2 is 1.68 bits per heavy atom. The van der Waals surface area contributed by atoms with Crippen molar-refractivity contribution in [3.63, 3.8) is 0 Å². The second-order valence-corrected chi connectivity index (χ2v) is 8.80. The number of imidazole rings is 1. The van der Waals surface area contributed by atoms with Crippen LogP contribution in [-0.4, -0.2) is 14.5 Å². The SMILES string of the molecule is O[C@@H](c1c(C2CC2)ccc2cncn12)C1CCC(c2ccc(Cl)cc2F)CC1. The van der Waals surface area contributed by atoms with Crippen LogP contribution >= 0.6 is 11.6 Å². The second kappa shape index (κ2) is 7.16. The summed E-state index contributed by atoms with van der Waals surface area (Å²) in [5.41, 5.74) is 4.06. The fraction of sp³-hybridized carbons (Fsp3) is 0.435. The molecule has 2 fully saturated rings. The van der Waals surface area contributed by atoms with Crippen LogP contribution in [0.1, 0.15) is 73.3 Å². The zero-order valence-corrected chi connectivity index (χ0v) is 16.4. The maximum atomic E-state index is 14.3. The summed E-state index contributed by atoms with van der Waals surface area (Å²) in [5.74, 6) is 0.747. The zero-order valence-electron chi connectivity index (χ0n) is 15.7. The number of aliphatic hydroxyl groups is 1. The number of rotatable bonds is 4. The summed E-state index contributed by atoms with van der Waals surface area (Å²) >= 11 is 5.89. The van der Waals surface area contributed by atoms with Crippen LogP contribution in [0.5, 0.6) is 0 Å². The summed E-state index contributed by atoms with van der Waals surface area (Å²) in [5, 5.41) is 11.8. The van der Waals surface area contributed by atoms with E-state index in [1.54, 1.807) is 6.07 Å². The summed E-state index contributed by atoms with van der Waals surface area (Å²) in [6.07, 6.45) is 9.10. The van der Waals surface area contributed by atoms with Crippen molar-refractivity contribution in [1.29, 1.82) is 0 Å². The Balaban J connectivity index is 1.38. The molecule has 5 rings (SSSR count). The van der Waals surface area contributed by atoms with Crippen molar-refractivity contribution < 1.29 is 9.50 Å². The van der Waals surface area contributed by atoms with E-state index < -0.39 is 6.10 Å². The minimum Gasteiger partial charge on any atom is -0.387 e. The molecule has 5 heteroatoms. The highest BCUT2D eigenvalue weighted by atomic mass is 35.5. The van der Waals surface area contributed by atoms with Gasteiger partial charge in [-0.25, -0.2) is 9.37 Å². The molecule has 2 aliphatic carbocycles. The van der Waals surface area contributed by atoms with Crippen molar-refractivity contribution in [2.75, 3.05) is 0 Å². The smallest absolute Gasteiger partial charge is 0.128 e. The van der Waals surface area contributed by atoms with E-state index in [2.05, 4.69) is 21.5 Å². The molecule has 2 aliphatic rings. The van der Waals surface area contributed by atoms with Gasteiger partial charge in [0.15, 0.2) is 0 Å². The largest absolute Gasteiger partial charge is 0.387 e. The Hall–Kier alpha value is -1.91. The first-order chi connectivity index (χ1) is 13.6. The van der Waals surface area contributed by atoms with Gasteiger partial charge in [-0.1, -0.05) is 23.7 Å². The molecule has 0 saturated heterocycles. The van der Waals surface area contributed by atoms with E-state index in [1.165, 1.54) is 24.5 Å². The van der Waals surface area contributed by atoms with Gasteiger partial charge in [0.05, 0.1) is 29.8 Å². The second-order valence-electron chi connectivity index (χ2n) is 8.36. The van der Waals surface area contributed by atoms with Crippen LogP contribution in [-0.2, 0) is 0 Å². The molecule has 1 atom stereocenters. The lowest BCUT2D eigenvalue weighted by molar-refractivity contribution is 0.0752. The summed E-state index contributed by atoms with van der Waals surface area (Å²) < 4.78 is 16.4. The highest BCUT2D eigenvalue weighted by molar-refractivity contribution is 6.30. The monoisotopic (exact) mass is 398 g/mol. The van der Waals surface area contributed by atoms with Crippen LogP contribution in [0.4, 0.5) is 4.39 Å². The molecular weight excluding hydrogens is 375 g/mol. The molecule has 0 unspecified atom stereocenters. The highest BCUT2D eigenvalue weighted by Crippen LogP contribution is 2.47. The molecule has 0 aliphatic heterocycles. The van der Waals surface area contributed by atoms with E-state index in [4.69, 9.17) is 11.6 Å². The van der Waals surface area contributed by atoms with Gasteiger partial charge in [0, 0.05) is 5.02 Å². The Morgan fingerprint density at radius 1 is 1.00 bits per heavy atom. The number of aromatic nitrogens is 2. The lowest BCUT2D eigenvalue weighted by Crippen LogP contribution is -2.22. The molecule has 28 heavy (non-hydrogen) atoms. The predicted molar refractivity (Wildman–Crippen MR) is 108 cm³/mol. The van der Waals surface area contributed by atoms with Gasteiger partial charge in [-0.3, -0.25) is 0 Å². The Labute approximate surface area is 169 Å².